The van der Waals surface area contributed by atoms with Crippen molar-refractivity contribution >= 4 is 28.2 Å². The van der Waals surface area contributed by atoms with Crippen molar-refractivity contribution in [3.05, 3.63) is 27.1 Å². The van der Waals surface area contributed by atoms with Crippen LogP contribution in [-0.4, -0.2) is 65.8 Å². The van der Waals surface area contributed by atoms with Crippen molar-refractivity contribution in [1.29, 1.82) is 0 Å². The van der Waals surface area contributed by atoms with E-state index in [4.69, 9.17) is 0 Å². The van der Waals surface area contributed by atoms with Gasteiger partial charge in [0.25, 0.3) is 5.91 Å². The summed E-state index contributed by atoms with van der Waals surface area (Å²) in [6.07, 6.45) is 0. The molecule has 2 saturated heterocycles. The van der Waals surface area contributed by atoms with E-state index in [-0.39, 0.29) is 22.7 Å². The molecule has 3 rings (SSSR count). The fourth-order valence-corrected chi connectivity index (χ4v) is 3.77. The molecule has 2 aliphatic heterocycles. The van der Waals surface area contributed by atoms with E-state index in [0.717, 1.165) is 24.4 Å². The van der Waals surface area contributed by atoms with Gasteiger partial charge in [0.05, 0.1) is 9.80 Å². The second kappa shape index (κ2) is 6.86. The van der Waals surface area contributed by atoms with E-state index >= 15 is 0 Å². The average molecular weight is 352 g/mol. The van der Waals surface area contributed by atoms with Gasteiger partial charge in [-0.3, -0.25) is 19.7 Å². The van der Waals surface area contributed by atoms with Crippen LogP contribution in [0.1, 0.15) is 16.6 Å². The van der Waals surface area contributed by atoms with Crippen LogP contribution in [0.25, 0.3) is 0 Å². The molecule has 0 aromatic carbocycles. The minimum absolute atomic E-state index is 0.00782. The van der Waals surface area contributed by atoms with Crippen LogP contribution in [-0.2, 0) is 4.79 Å². The van der Waals surface area contributed by atoms with Crippen LogP contribution in [0.3, 0.4) is 0 Å². The van der Waals surface area contributed by atoms with Crippen LogP contribution < -0.4 is 5.32 Å². The van der Waals surface area contributed by atoms with Crippen molar-refractivity contribution in [2.24, 2.45) is 11.8 Å². The quantitative estimate of drug-likeness (QED) is 0.639. The van der Waals surface area contributed by atoms with Crippen LogP contribution in [0.4, 0.5) is 5.00 Å². The lowest BCUT2D eigenvalue weighted by molar-refractivity contribution is -0.380. The second-order valence-corrected chi connectivity index (χ2v) is 7.28. The predicted octanol–water partition coefficient (Wildman–Crippen LogP) is 0.796. The third kappa shape index (κ3) is 3.27. The van der Waals surface area contributed by atoms with Crippen molar-refractivity contribution in [2.75, 3.05) is 39.3 Å². The Kier molecular flexibility index (Phi) is 4.81. The van der Waals surface area contributed by atoms with Crippen molar-refractivity contribution in [1.82, 2.24) is 15.1 Å². The molecular formula is C15H20N4O4S. The first-order chi connectivity index (χ1) is 11.5. The molecule has 2 amide bonds. The normalized spacial score (nSPS) is 19.7. The van der Waals surface area contributed by atoms with Crippen molar-refractivity contribution in [3.63, 3.8) is 0 Å². The first-order valence-electron chi connectivity index (χ1n) is 8.00. The molecule has 0 saturated carbocycles. The Labute approximate surface area is 143 Å². The van der Waals surface area contributed by atoms with Crippen molar-refractivity contribution in [3.8, 4) is 0 Å². The lowest BCUT2D eigenvalue weighted by atomic mass is 9.88. The average Bonchev–Trinajstić information content (AvgIpc) is 3.02. The number of nitro groups is 1. The number of carbonyl (C=O) groups excluding carboxylic acids is 2. The minimum atomic E-state index is -0.491. The van der Waals surface area contributed by atoms with Crippen LogP contribution in [0, 0.1) is 22.0 Å². The number of nitrogens with one attached hydrogen (secondary N) is 1. The summed E-state index contributed by atoms with van der Waals surface area (Å²) in [5.41, 5.74) is 0. The maximum absolute atomic E-state index is 12.5. The highest BCUT2D eigenvalue weighted by atomic mass is 32.1. The van der Waals surface area contributed by atoms with Crippen LogP contribution in [0.5, 0.6) is 0 Å². The molecule has 9 heteroatoms. The molecule has 1 aromatic rings. The molecule has 0 bridgehead atoms. The summed E-state index contributed by atoms with van der Waals surface area (Å²) in [7, 11) is 0. The molecule has 0 aliphatic carbocycles. The van der Waals surface area contributed by atoms with Crippen LogP contribution in [0.2, 0.25) is 0 Å². The maximum atomic E-state index is 12.5. The van der Waals surface area contributed by atoms with Gasteiger partial charge in [-0.2, -0.15) is 0 Å². The number of nitrogens with zero attached hydrogens (tertiary/aromatic N) is 3. The van der Waals surface area contributed by atoms with E-state index in [9.17, 15) is 19.7 Å². The van der Waals surface area contributed by atoms with Crippen LogP contribution >= 0.6 is 11.3 Å². The third-order valence-corrected chi connectivity index (χ3v) is 5.80. The lowest BCUT2D eigenvalue weighted by Crippen LogP contribution is -2.55. The molecule has 1 aromatic heterocycles. The number of piperazine rings is 1. The molecule has 0 spiro atoms. The number of hydrogen-bond acceptors (Lipinski definition) is 6. The number of amides is 2. The first kappa shape index (κ1) is 16.8. The van der Waals surface area contributed by atoms with Gasteiger partial charge in [0.15, 0.2) is 0 Å². The SMILES string of the molecule is CC(C(=O)N1CCN(C(=O)c2ccc([N+](=O)[O-])s2)CC1)C1CNC1. The molecule has 2 fully saturated rings. The number of rotatable bonds is 4. The molecule has 2 aliphatic rings. The predicted molar refractivity (Wildman–Crippen MR) is 89.0 cm³/mol. The zero-order valence-electron chi connectivity index (χ0n) is 13.4. The standard InChI is InChI=1S/C15H20N4O4S/c1-10(11-8-16-9-11)14(20)17-4-6-18(7-5-17)15(21)12-2-3-13(24-12)19(22)23/h2-3,10-11,16H,4-9H2,1H3. The summed E-state index contributed by atoms with van der Waals surface area (Å²) in [6, 6.07) is 2.85. The Balaban J connectivity index is 1.55. The first-order valence-corrected chi connectivity index (χ1v) is 8.82. The molecule has 24 heavy (non-hydrogen) atoms. The number of hydrogen-bond donors (Lipinski definition) is 1. The Morgan fingerprint density at radius 2 is 1.88 bits per heavy atom. The maximum Gasteiger partial charge on any atom is 0.324 e. The van der Waals surface area contributed by atoms with E-state index in [2.05, 4.69) is 5.32 Å². The molecule has 1 unspecified atom stereocenters. The zero-order chi connectivity index (χ0) is 17.3. The molecule has 8 nitrogen and oxygen atoms in total. The summed E-state index contributed by atoms with van der Waals surface area (Å²) in [5, 5.41) is 13.9. The smallest absolute Gasteiger partial charge is 0.324 e. The summed E-state index contributed by atoms with van der Waals surface area (Å²) >= 11 is 0.891. The van der Waals surface area contributed by atoms with E-state index in [1.54, 1.807) is 4.90 Å². The number of thiophene rings is 1. The summed E-state index contributed by atoms with van der Waals surface area (Å²) in [6.45, 7) is 5.71. The Bertz CT molecular complexity index is 650. The van der Waals surface area contributed by atoms with Gasteiger partial charge in [0.2, 0.25) is 5.91 Å². The van der Waals surface area contributed by atoms with Gasteiger partial charge < -0.3 is 15.1 Å². The largest absolute Gasteiger partial charge is 0.339 e. The molecule has 130 valence electrons. The van der Waals surface area contributed by atoms with E-state index < -0.39 is 4.92 Å². The Morgan fingerprint density at radius 1 is 1.25 bits per heavy atom. The topological polar surface area (TPSA) is 95.8 Å². The second-order valence-electron chi connectivity index (χ2n) is 6.22. The van der Waals surface area contributed by atoms with Gasteiger partial charge in [-0.05, 0) is 25.1 Å². The summed E-state index contributed by atoms with van der Waals surface area (Å²) in [5.74, 6) is 0.370. The highest BCUT2D eigenvalue weighted by Gasteiger charge is 2.33. The van der Waals surface area contributed by atoms with Gasteiger partial charge >= 0.3 is 5.00 Å². The van der Waals surface area contributed by atoms with Crippen molar-refractivity contribution in [2.45, 2.75) is 6.92 Å². The Morgan fingerprint density at radius 3 is 2.38 bits per heavy atom. The monoisotopic (exact) mass is 352 g/mol. The van der Waals surface area contributed by atoms with Gasteiger partial charge in [-0.15, -0.1) is 0 Å². The van der Waals surface area contributed by atoms with Gasteiger partial charge in [0, 0.05) is 38.2 Å². The van der Waals surface area contributed by atoms with Crippen molar-refractivity contribution < 1.29 is 14.5 Å². The minimum Gasteiger partial charge on any atom is -0.339 e. The van der Waals surface area contributed by atoms with Gasteiger partial charge in [-0.1, -0.05) is 18.3 Å². The van der Waals surface area contributed by atoms with E-state index in [0.29, 0.717) is 37.0 Å². The Hall–Kier alpha value is -2.00. The summed E-state index contributed by atoms with van der Waals surface area (Å²) in [4.78, 5) is 39.0. The number of carbonyl (C=O) groups is 2. The fourth-order valence-electron chi connectivity index (χ4n) is 2.98. The molecular weight excluding hydrogens is 332 g/mol. The van der Waals surface area contributed by atoms with Crippen LogP contribution in [0.15, 0.2) is 12.1 Å². The van der Waals surface area contributed by atoms with E-state index in [1.807, 2.05) is 11.8 Å². The lowest BCUT2D eigenvalue weighted by Gasteiger charge is -2.39. The zero-order valence-corrected chi connectivity index (χ0v) is 14.3. The summed E-state index contributed by atoms with van der Waals surface area (Å²) < 4.78 is 0. The molecule has 3 heterocycles. The molecule has 0 radical (unpaired) electrons. The van der Waals surface area contributed by atoms with Gasteiger partial charge in [-0.25, -0.2) is 0 Å². The third-order valence-electron chi connectivity index (χ3n) is 4.77. The highest BCUT2D eigenvalue weighted by molar-refractivity contribution is 7.17. The highest BCUT2D eigenvalue weighted by Crippen LogP contribution is 2.26. The van der Waals surface area contributed by atoms with E-state index in [1.165, 1.54) is 12.1 Å². The van der Waals surface area contributed by atoms with Gasteiger partial charge in [0.1, 0.15) is 0 Å². The fraction of sp³-hybridized carbons (Fsp3) is 0.600. The molecule has 1 atom stereocenters. The molecule has 1 N–H and O–H groups in total.